The van der Waals surface area contributed by atoms with E-state index in [1.807, 2.05) is 13.8 Å². The van der Waals surface area contributed by atoms with Crippen molar-refractivity contribution in [2.45, 2.75) is 32.2 Å². The first-order valence-corrected chi connectivity index (χ1v) is 6.18. The fraction of sp³-hybridized carbons (Fsp3) is 1.00. The van der Waals surface area contributed by atoms with Crippen molar-refractivity contribution < 1.29 is 8.85 Å². The fourth-order valence-corrected chi connectivity index (χ4v) is 2.77. The molecular weight excluding hydrogens is 180 g/mol. The van der Waals surface area contributed by atoms with Gasteiger partial charge in [0, 0.05) is 13.2 Å². The highest BCUT2D eigenvalue weighted by Crippen LogP contribution is 2.08. The molecule has 0 aliphatic heterocycles. The molecular formula is C7H17ClO2Si. The minimum absolute atomic E-state index is 0.106. The third-order valence-electron chi connectivity index (χ3n) is 1.35. The predicted molar refractivity (Wildman–Crippen MR) is 50.3 cm³/mol. The molecule has 0 aliphatic rings. The zero-order valence-corrected chi connectivity index (χ0v) is 9.38. The van der Waals surface area contributed by atoms with E-state index in [1.54, 1.807) is 0 Å². The van der Waals surface area contributed by atoms with E-state index in [4.69, 9.17) is 20.5 Å². The van der Waals surface area contributed by atoms with Gasteiger partial charge in [-0.05, 0) is 20.3 Å². The molecule has 11 heavy (non-hydrogen) atoms. The van der Waals surface area contributed by atoms with Crippen molar-refractivity contribution in [2.75, 3.05) is 13.2 Å². The van der Waals surface area contributed by atoms with Crippen LogP contribution in [0.3, 0.4) is 0 Å². The largest absolute Gasteiger partial charge is 0.396 e. The van der Waals surface area contributed by atoms with Crippen molar-refractivity contribution in [2.24, 2.45) is 0 Å². The standard InChI is InChI=1S/C7H17ClO2Si/c1-4-7(8)11(9-5-2)10-6-3/h7,11H,4-6H2,1-3H3. The highest BCUT2D eigenvalue weighted by atomic mass is 35.5. The second-order valence-electron chi connectivity index (χ2n) is 2.20. The summed E-state index contributed by atoms with van der Waals surface area (Å²) in [5.41, 5.74) is 0. The van der Waals surface area contributed by atoms with Crippen LogP contribution >= 0.6 is 11.6 Å². The van der Waals surface area contributed by atoms with Gasteiger partial charge in [0.2, 0.25) is 0 Å². The molecule has 0 amide bonds. The van der Waals surface area contributed by atoms with Crippen LogP contribution in [0.2, 0.25) is 0 Å². The van der Waals surface area contributed by atoms with Crippen LogP contribution < -0.4 is 0 Å². The lowest BCUT2D eigenvalue weighted by atomic mass is 10.6. The van der Waals surface area contributed by atoms with Crippen LogP contribution in [0, 0.1) is 0 Å². The highest BCUT2D eigenvalue weighted by molar-refractivity contribution is 6.59. The normalized spacial score (nSPS) is 13.9. The van der Waals surface area contributed by atoms with Gasteiger partial charge >= 0.3 is 9.28 Å². The minimum Gasteiger partial charge on any atom is -0.396 e. The van der Waals surface area contributed by atoms with Crippen molar-refractivity contribution in [3.8, 4) is 0 Å². The van der Waals surface area contributed by atoms with Gasteiger partial charge in [0.1, 0.15) is 0 Å². The molecule has 2 nitrogen and oxygen atoms in total. The van der Waals surface area contributed by atoms with E-state index >= 15 is 0 Å². The molecule has 0 rings (SSSR count). The summed E-state index contributed by atoms with van der Waals surface area (Å²) in [6.45, 7) is 7.41. The topological polar surface area (TPSA) is 18.5 Å². The second-order valence-corrected chi connectivity index (χ2v) is 5.39. The lowest BCUT2D eigenvalue weighted by Gasteiger charge is -2.18. The molecule has 1 atom stereocenters. The van der Waals surface area contributed by atoms with E-state index in [0.717, 1.165) is 6.42 Å². The van der Waals surface area contributed by atoms with E-state index in [-0.39, 0.29) is 5.00 Å². The predicted octanol–water partition coefficient (Wildman–Crippen LogP) is 1.84. The quantitative estimate of drug-likeness (QED) is 0.477. The van der Waals surface area contributed by atoms with Gasteiger partial charge in [0.25, 0.3) is 0 Å². The van der Waals surface area contributed by atoms with Crippen molar-refractivity contribution in [1.82, 2.24) is 0 Å². The van der Waals surface area contributed by atoms with Gasteiger partial charge in [-0.2, -0.15) is 0 Å². The Kier molecular flexibility index (Phi) is 7.37. The zero-order valence-electron chi connectivity index (χ0n) is 7.47. The lowest BCUT2D eigenvalue weighted by molar-refractivity contribution is 0.211. The molecule has 0 aromatic heterocycles. The van der Waals surface area contributed by atoms with Crippen LogP contribution in [-0.4, -0.2) is 27.5 Å². The molecule has 1 unspecified atom stereocenters. The van der Waals surface area contributed by atoms with Crippen molar-refractivity contribution in [3.05, 3.63) is 0 Å². The summed E-state index contributed by atoms with van der Waals surface area (Å²) in [4.78, 5) is 0. The van der Waals surface area contributed by atoms with E-state index in [2.05, 4.69) is 6.92 Å². The Morgan fingerprint density at radius 2 is 1.64 bits per heavy atom. The van der Waals surface area contributed by atoms with Crippen LogP contribution in [0.25, 0.3) is 0 Å². The summed E-state index contributed by atoms with van der Waals surface area (Å²) >= 11 is 6.00. The molecule has 0 aromatic rings. The molecule has 0 aliphatic carbocycles. The molecule has 0 bridgehead atoms. The van der Waals surface area contributed by atoms with Crippen molar-refractivity contribution >= 4 is 20.9 Å². The Morgan fingerprint density at radius 1 is 1.18 bits per heavy atom. The van der Waals surface area contributed by atoms with Gasteiger partial charge in [0.05, 0.1) is 5.00 Å². The highest BCUT2D eigenvalue weighted by Gasteiger charge is 2.21. The van der Waals surface area contributed by atoms with Gasteiger partial charge in [-0.15, -0.1) is 11.6 Å². The molecule has 0 fully saturated rings. The van der Waals surface area contributed by atoms with E-state index in [1.165, 1.54) is 0 Å². The monoisotopic (exact) mass is 196 g/mol. The second kappa shape index (κ2) is 7.10. The first-order valence-electron chi connectivity index (χ1n) is 4.13. The number of halogens is 1. The summed E-state index contributed by atoms with van der Waals surface area (Å²) < 4.78 is 10.8. The maximum Gasteiger partial charge on any atom is 0.339 e. The fourth-order valence-electron chi connectivity index (χ4n) is 0.778. The van der Waals surface area contributed by atoms with Crippen LogP contribution in [0.15, 0.2) is 0 Å². The number of alkyl halides is 1. The van der Waals surface area contributed by atoms with Crippen LogP contribution in [0.1, 0.15) is 27.2 Å². The molecule has 68 valence electrons. The van der Waals surface area contributed by atoms with Crippen LogP contribution in [0.4, 0.5) is 0 Å². The maximum absolute atomic E-state index is 6.00. The Hall–Kier alpha value is 0.427. The zero-order chi connectivity index (χ0) is 8.69. The average molecular weight is 197 g/mol. The molecule has 0 N–H and O–H groups in total. The van der Waals surface area contributed by atoms with Crippen LogP contribution in [0.5, 0.6) is 0 Å². The van der Waals surface area contributed by atoms with Crippen molar-refractivity contribution in [3.63, 3.8) is 0 Å². The van der Waals surface area contributed by atoms with E-state index in [9.17, 15) is 0 Å². The van der Waals surface area contributed by atoms with Crippen LogP contribution in [-0.2, 0) is 8.85 Å². The van der Waals surface area contributed by atoms with Gasteiger partial charge in [-0.1, -0.05) is 6.92 Å². The molecule has 0 saturated heterocycles. The minimum atomic E-state index is -1.56. The van der Waals surface area contributed by atoms with E-state index in [0.29, 0.717) is 13.2 Å². The van der Waals surface area contributed by atoms with Gasteiger partial charge in [-0.25, -0.2) is 0 Å². The summed E-state index contributed by atoms with van der Waals surface area (Å²) in [7, 11) is -1.56. The summed E-state index contributed by atoms with van der Waals surface area (Å²) in [6.07, 6.45) is 0.929. The molecule has 0 heterocycles. The third-order valence-corrected chi connectivity index (χ3v) is 4.66. The Labute approximate surface area is 75.7 Å². The maximum atomic E-state index is 6.00. The number of hydrogen-bond acceptors (Lipinski definition) is 2. The van der Waals surface area contributed by atoms with Gasteiger partial charge in [-0.3, -0.25) is 0 Å². The Morgan fingerprint density at radius 3 is 1.91 bits per heavy atom. The first-order chi connectivity index (χ1) is 5.26. The third kappa shape index (κ3) is 4.79. The van der Waals surface area contributed by atoms with Gasteiger partial charge in [0.15, 0.2) is 0 Å². The summed E-state index contributed by atoms with van der Waals surface area (Å²) in [5.74, 6) is 0. The first kappa shape index (κ1) is 11.4. The number of hydrogen-bond donors (Lipinski definition) is 0. The smallest absolute Gasteiger partial charge is 0.339 e. The van der Waals surface area contributed by atoms with Crippen molar-refractivity contribution in [1.29, 1.82) is 0 Å². The van der Waals surface area contributed by atoms with Gasteiger partial charge < -0.3 is 8.85 Å². The molecule has 0 radical (unpaired) electrons. The summed E-state index contributed by atoms with van der Waals surface area (Å²) in [5, 5.41) is 0.106. The SMILES string of the molecule is CCO[SiH](OCC)C(Cl)CC. The lowest BCUT2D eigenvalue weighted by Crippen LogP contribution is -2.33. The average Bonchev–Trinajstić information content (AvgIpc) is 2.03. The Balaban J connectivity index is 3.66. The molecule has 4 heteroatoms. The molecule has 0 saturated carbocycles. The van der Waals surface area contributed by atoms with E-state index < -0.39 is 9.28 Å². The Bertz CT molecular complexity index is 86.5. The molecule has 0 aromatic carbocycles. The summed E-state index contributed by atoms with van der Waals surface area (Å²) in [6, 6.07) is 0. The molecule has 0 spiro atoms. The number of rotatable bonds is 6.